The molecule has 0 amide bonds. The first-order chi connectivity index (χ1) is 18.0. The Morgan fingerprint density at radius 2 is 1.00 bits per heavy atom. The van der Waals surface area contributed by atoms with Crippen LogP contribution in [-0.4, -0.2) is 49.0 Å². The number of alkyl halides is 6. The van der Waals surface area contributed by atoms with Crippen LogP contribution >= 0.6 is 21.6 Å². The van der Waals surface area contributed by atoms with Gasteiger partial charge in [-0.1, -0.05) is 24.3 Å². The van der Waals surface area contributed by atoms with Crippen molar-refractivity contribution >= 4 is 31.9 Å². The van der Waals surface area contributed by atoms with Gasteiger partial charge in [-0.15, -0.1) is 0 Å². The fourth-order valence-electron chi connectivity index (χ4n) is 4.00. The minimum Gasteiger partial charge on any atom is -0.497 e. The Morgan fingerprint density at radius 3 is 1.29 bits per heavy atom. The van der Waals surface area contributed by atoms with Gasteiger partial charge in [0.1, 0.15) is 23.6 Å². The maximum atomic E-state index is 13.7. The Hall–Kier alpha value is -2.74. The smallest absolute Gasteiger partial charge is 0.408 e. The zero-order valence-electron chi connectivity index (χ0n) is 20.1. The Balaban J connectivity index is 1.55. The van der Waals surface area contributed by atoms with Crippen molar-refractivity contribution < 1.29 is 35.8 Å². The quantitative estimate of drug-likeness (QED) is 0.322. The predicted octanol–water partition coefficient (Wildman–Crippen LogP) is 6.43. The van der Waals surface area contributed by atoms with E-state index >= 15 is 0 Å². The molecule has 0 radical (unpaired) electrons. The summed E-state index contributed by atoms with van der Waals surface area (Å²) in [5.41, 5.74) is 1.13. The lowest BCUT2D eigenvalue weighted by atomic mass is 9.98. The van der Waals surface area contributed by atoms with Gasteiger partial charge >= 0.3 is 12.4 Å². The molecule has 4 rings (SSSR count). The first-order valence-corrected chi connectivity index (χ1v) is 13.6. The second-order valence-corrected chi connectivity index (χ2v) is 10.7. The van der Waals surface area contributed by atoms with E-state index in [9.17, 15) is 26.3 Å². The highest BCUT2D eigenvalue weighted by molar-refractivity contribution is 8.87. The molecule has 0 saturated carbocycles. The van der Waals surface area contributed by atoms with Crippen LogP contribution in [0.1, 0.15) is 36.1 Å². The van der Waals surface area contributed by atoms with Crippen molar-refractivity contribution in [2.45, 2.75) is 49.4 Å². The van der Waals surface area contributed by atoms with E-state index in [-0.39, 0.29) is 23.2 Å². The molecule has 0 aliphatic carbocycles. The highest BCUT2D eigenvalue weighted by Crippen LogP contribution is 2.40. The summed E-state index contributed by atoms with van der Waals surface area (Å²) in [7, 11) is 4.55. The van der Waals surface area contributed by atoms with Crippen molar-refractivity contribution in [3.8, 4) is 11.5 Å². The third-order valence-electron chi connectivity index (χ3n) is 6.05. The van der Waals surface area contributed by atoms with Crippen LogP contribution in [0.25, 0.3) is 0 Å². The minimum absolute atomic E-state index is 0.0518. The largest absolute Gasteiger partial charge is 0.497 e. The Morgan fingerprint density at radius 1 is 0.658 bits per heavy atom. The number of methoxy groups -OCH3 is 2. The molecule has 14 heteroatoms. The number of hydrogen-bond donors (Lipinski definition) is 2. The third kappa shape index (κ3) is 7.01. The fraction of sp³-hybridized carbons (Fsp3) is 0.417. The number of nitrogens with zero attached hydrogens (tertiary/aromatic N) is 2. The normalized spacial score (nSPS) is 24.0. The molecule has 2 aliphatic rings. The summed E-state index contributed by atoms with van der Waals surface area (Å²) in [5.74, 6) is 1.10. The molecule has 0 aromatic heterocycles. The summed E-state index contributed by atoms with van der Waals surface area (Å²) in [6, 6.07) is 7.76. The molecule has 2 N–H and O–H groups in total. The lowest BCUT2D eigenvalue weighted by Gasteiger charge is -2.32. The lowest BCUT2D eigenvalue weighted by Crippen LogP contribution is -2.49. The number of ether oxygens (including phenoxy) is 2. The monoisotopic (exact) mass is 578 g/mol. The highest BCUT2D eigenvalue weighted by Gasteiger charge is 2.45. The van der Waals surface area contributed by atoms with Crippen molar-refractivity contribution in [1.82, 2.24) is 10.6 Å². The summed E-state index contributed by atoms with van der Waals surface area (Å²) in [5, 5.41) is 4.65. The zero-order chi connectivity index (χ0) is 27.5. The molecule has 0 unspecified atom stereocenters. The van der Waals surface area contributed by atoms with Crippen LogP contribution < -0.4 is 20.1 Å². The van der Waals surface area contributed by atoms with Crippen LogP contribution in [0.3, 0.4) is 0 Å². The summed E-state index contributed by atoms with van der Waals surface area (Å²) < 4.78 is 92.2. The van der Waals surface area contributed by atoms with Gasteiger partial charge in [-0.3, -0.25) is 9.98 Å². The Kier molecular flexibility index (Phi) is 8.60. The van der Waals surface area contributed by atoms with Crippen LogP contribution in [0.2, 0.25) is 0 Å². The van der Waals surface area contributed by atoms with Gasteiger partial charge < -0.3 is 20.1 Å². The lowest BCUT2D eigenvalue weighted by molar-refractivity contribution is -0.156. The number of aliphatic imine (C=N–C) groups is 2. The van der Waals surface area contributed by atoms with E-state index in [4.69, 9.17) is 9.47 Å². The van der Waals surface area contributed by atoms with Gasteiger partial charge in [-0.05, 0) is 57.0 Å². The van der Waals surface area contributed by atoms with Gasteiger partial charge in [0.2, 0.25) is 0 Å². The van der Waals surface area contributed by atoms with E-state index in [1.165, 1.54) is 14.2 Å². The topological polar surface area (TPSA) is 67.2 Å². The molecule has 206 valence electrons. The maximum absolute atomic E-state index is 13.7. The molecule has 2 aromatic carbocycles. The molecular formula is C24H24F6N4O2S2. The predicted molar refractivity (Wildman–Crippen MR) is 137 cm³/mol. The van der Waals surface area contributed by atoms with Crippen molar-refractivity contribution in [2.24, 2.45) is 9.98 Å². The van der Waals surface area contributed by atoms with Crippen molar-refractivity contribution in [3.63, 3.8) is 0 Å². The second kappa shape index (κ2) is 11.6. The number of halogens is 6. The molecule has 0 bridgehead atoms. The molecule has 4 atom stereocenters. The van der Waals surface area contributed by atoms with Gasteiger partial charge in [0, 0.05) is 12.8 Å². The molecule has 0 saturated heterocycles. The summed E-state index contributed by atoms with van der Waals surface area (Å²) in [4.78, 5) is 8.82. The van der Waals surface area contributed by atoms with Gasteiger partial charge in [0.15, 0.2) is 10.3 Å². The molecule has 2 heterocycles. The van der Waals surface area contributed by atoms with Gasteiger partial charge in [-0.2, -0.15) is 26.3 Å². The minimum atomic E-state index is -4.54. The van der Waals surface area contributed by atoms with Crippen LogP contribution in [0.15, 0.2) is 58.5 Å². The summed E-state index contributed by atoms with van der Waals surface area (Å²) in [6.45, 7) is 0. The van der Waals surface area contributed by atoms with Crippen LogP contribution in [-0.2, 0) is 0 Å². The summed E-state index contributed by atoms with van der Waals surface area (Å²) >= 11 is 0. The van der Waals surface area contributed by atoms with Gasteiger partial charge in [0.25, 0.3) is 0 Å². The maximum Gasteiger partial charge on any atom is 0.408 e. The van der Waals surface area contributed by atoms with E-state index in [1.807, 2.05) is 0 Å². The van der Waals surface area contributed by atoms with E-state index in [0.29, 0.717) is 22.6 Å². The molecule has 0 spiro atoms. The fourth-order valence-corrected chi connectivity index (χ4v) is 5.90. The first kappa shape index (κ1) is 28.3. The van der Waals surface area contributed by atoms with Crippen LogP contribution in [0.4, 0.5) is 26.3 Å². The summed E-state index contributed by atoms with van der Waals surface area (Å²) in [6.07, 6.45) is -9.73. The SMILES string of the molecule is COc1ccc([C@@H]2C[C@H](C(F)(F)F)NC(SSC3=N[C@@H](c4ccc(OC)cc4)C[C@@H](C(F)(F)F)N3)=N2)cc1. The van der Waals surface area contributed by atoms with E-state index in [2.05, 4.69) is 20.6 Å². The molecule has 38 heavy (non-hydrogen) atoms. The Labute approximate surface area is 223 Å². The van der Waals surface area contributed by atoms with Crippen molar-refractivity contribution in [2.75, 3.05) is 14.2 Å². The number of benzene rings is 2. The standard InChI is InChI=1S/C24H24F6N4O2S2/c1-35-15-7-3-13(4-8-15)17-11-19(23(25,26)27)33-21(31-17)37-38-22-32-18(12-20(34-22)24(28,29)30)14-5-9-16(36-2)10-6-14/h3-10,17-20H,11-12H2,1-2H3,(H,31,33)(H,32,34)/t17-,18+,19+,20-. The molecule has 2 aliphatic heterocycles. The van der Waals surface area contributed by atoms with Crippen molar-refractivity contribution in [1.29, 1.82) is 0 Å². The second-order valence-electron chi connectivity index (χ2n) is 8.56. The molecule has 6 nitrogen and oxygen atoms in total. The average molecular weight is 579 g/mol. The average Bonchev–Trinajstić information content (AvgIpc) is 2.90. The molecule has 0 fully saturated rings. The van der Waals surface area contributed by atoms with E-state index < -0.39 is 36.5 Å². The molecule has 2 aromatic rings. The highest BCUT2D eigenvalue weighted by atomic mass is 33.1. The zero-order valence-corrected chi connectivity index (χ0v) is 21.8. The van der Waals surface area contributed by atoms with E-state index in [0.717, 1.165) is 21.6 Å². The van der Waals surface area contributed by atoms with E-state index in [1.54, 1.807) is 48.5 Å². The number of amidine groups is 2. The first-order valence-electron chi connectivity index (χ1n) is 11.4. The number of rotatable bonds is 4. The van der Waals surface area contributed by atoms with Gasteiger partial charge in [0.05, 0.1) is 26.3 Å². The Bertz CT molecular complexity index is 1060. The number of nitrogens with one attached hydrogen (secondary N) is 2. The number of hydrogen-bond acceptors (Lipinski definition) is 8. The van der Waals surface area contributed by atoms with Gasteiger partial charge in [-0.25, -0.2) is 0 Å². The third-order valence-corrected chi connectivity index (χ3v) is 8.09. The van der Waals surface area contributed by atoms with Crippen LogP contribution in [0, 0.1) is 0 Å². The van der Waals surface area contributed by atoms with Crippen LogP contribution in [0.5, 0.6) is 11.5 Å². The molecular weight excluding hydrogens is 554 g/mol. The van der Waals surface area contributed by atoms with Crippen molar-refractivity contribution in [3.05, 3.63) is 59.7 Å².